The van der Waals surface area contributed by atoms with Gasteiger partial charge in [-0.1, -0.05) is 0 Å². The van der Waals surface area contributed by atoms with E-state index in [1.165, 1.54) is 0 Å². The van der Waals surface area contributed by atoms with E-state index in [2.05, 4.69) is 23.2 Å². The third-order valence-corrected chi connectivity index (χ3v) is 4.35. The Bertz CT molecular complexity index is 699. The lowest BCUT2D eigenvalue weighted by Gasteiger charge is -2.26. The van der Waals surface area contributed by atoms with Crippen LogP contribution in [0, 0.1) is 6.92 Å². The molecule has 1 saturated heterocycles. The van der Waals surface area contributed by atoms with E-state index in [9.17, 15) is 0 Å². The molecule has 1 aliphatic heterocycles. The predicted octanol–water partition coefficient (Wildman–Crippen LogP) is 2.30. The van der Waals surface area contributed by atoms with Crippen molar-refractivity contribution >= 4 is 16.7 Å². The van der Waals surface area contributed by atoms with E-state index in [-0.39, 0.29) is 0 Å². The second-order valence-electron chi connectivity index (χ2n) is 5.93. The summed E-state index contributed by atoms with van der Waals surface area (Å²) >= 11 is 0. The maximum absolute atomic E-state index is 5.49. The minimum Gasteiger partial charge on any atom is -0.497 e. The van der Waals surface area contributed by atoms with Crippen LogP contribution < -0.4 is 14.8 Å². The predicted molar refractivity (Wildman–Crippen MR) is 95.3 cm³/mol. The Morgan fingerprint density at radius 1 is 1.17 bits per heavy atom. The van der Waals surface area contributed by atoms with E-state index >= 15 is 0 Å². The van der Waals surface area contributed by atoms with Gasteiger partial charge in [-0.15, -0.1) is 0 Å². The molecule has 6 nitrogen and oxygen atoms in total. The third-order valence-electron chi connectivity index (χ3n) is 4.35. The Labute approximate surface area is 142 Å². The van der Waals surface area contributed by atoms with Crippen LogP contribution in [0.5, 0.6) is 11.5 Å². The fourth-order valence-corrected chi connectivity index (χ4v) is 2.96. The molecule has 3 rings (SSSR count). The SMILES string of the molecule is COc1cc(OC)c2nc(NCCN3CCOCC3)cc(C)c2c1. The van der Waals surface area contributed by atoms with Crippen LogP contribution in [0.25, 0.3) is 10.9 Å². The van der Waals surface area contributed by atoms with Crippen LogP contribution in [0.3, 0.4) is 0 Å². The highest BCUT2D eigenvalue weighted by Crippen LogP contribution is 2.32. The standard InChI is InChI=1S/C18H25N3O3/c1-13-10-17(19-4-5-21-6-8-24-9-7-21)20-18-15(13)11-14(22-2)12-16(18)23-3/h10-12H,4-9H2,1-3H3,(H,19,20). The Morgan fingerprint density at radius 2 is 1.96 bits per heavy atom. The van der Waals surface area contributed by atoms with E-state index < -0.39 is 0 Å². The van der Waals surface area contributed by atoms with Crippen LogP contribution in [0.2, 0.25) is 0 Å². The van der Waals surface area contributed by atoms with Crippen molar-refractivity contribution in [3.63, 3.8) is 0 Å². The van der Waals surface area contributed by atoms with Gasteiger partial charge in [-0.25, -0.2) is 4.98 Å². The summed E-state index contributed by atoms with van der Waals surface area (Å²) in [6.07, 6.45) is 0. The van der Waals surface area contributed by atoms with Crippen LogP contribution in [0.15, 0.2) is 18.2 Å². The van der Waals surface area contributed by atoms with Gasteiger partial charge in [-0.05, 0) is 24.6 Å². The van der Waals surface area contributed by atoms with Crippen molar-refractivity contribution in [2.45, 2.75) is 6.92 Å². The van der Waals surface area contributed by atoms with Gasteiger partial charge in [0.1, 0.15) is 22.8 Å². The summed E-state index contributed by atoms with van der Waals surface area (Å²) in [6.45, 7) is 7.58. The minimum atomic E-state index is 0.726. The second kappa shape index (κ2) is 7.68. The number of morpholine rings is 1. The lowest BCUT2D eigenvalue weighted by molar-refractivity contribution is 0.0398. The number of hydrogen-bond donors (Lipinski definition) is 1. The molecule has 0 radical (unpaired) electrons. The molecule has 1 aliphatic rings. The summed E-state index contributed by atoms with van der Waals surface area (Å²) in [5.74, 6) is 2.37. The van der Waals surface area contributed by atoms with E-state index in [0.717, 1.165) is 73.2 Å². The fraction of sp³-hybridized carbons (Fsp3) is 0.500. The van der Waals surface area contributed by atoms with Gasteiger partial charge in [-0.3, -0.25) is 4.90 Å². The van der Waals surface area contributed by atoms with E-state index in [0.29, 0.717) is 0 Å². The molecule has 130 valence electrons. The van der Waals surface area contributed by atoms with Crippen molar-refractivity contribution in [2.75, 3.05) is 58.9 Å². The number of anilines is 1. The van der Waals surface area contributed by atoms with Gasteiger partial charge in [0.15, 0.2) is 0 Å². The third kappa shape index (κ3) is 3.71. The highest BCUT2D eigenvalue weighted by atomic mass is 16.5. The van der Waals surface area contributed by atoms with E-state index in [1.807, 2.05) is 12.1 Å². The molecule has 1 N–H and O–H groups in total. The number of fused-ring (bicyclic) bond motifs is 1. The summed E-state index contributed by atoms with van der Waals surface area (Å²) in [7, 11) is 3.31. The van der Waals surface area contributed by atoms with Gasteiger partial charge < -0.3 is 19.5 Å². The van der Waals surface area contributed by atoms with Crippen LogP contribution in [-0.2, 0) is 4.74 Å². The minimum absolute atomic E-state index is 0.726. The molecule has 2 aromatic rings. The van der Waals surface area contributed by atoms with E-state index in [4.69, 9.17) is 19.2 Å². The molecule has 0 amide bonds. The first-order valence-electron chi connectivity index (χ1n) is 8.28. The number of nitrogens with one attached hydrogen (secondary N) is 1. The summed E-state index contributed by atoms with van der Waals surface area (Å²) in [5, 5.41) is 4.47. The number of rotatable bonds is 6. The molecule has 0 bridgehead atoms. The van der Waals surface area contributed by atoms with Crippen LogP contribution in [-0.4, -0.2) is 63.5 Å². The van der Waals surface area contributed by atoms with E-state index in [1.54, 1.807) is 14.2 Å². The molecule has 0 atom stereocenters. The Hall–Kier alpha value is -2.05. The van der Waals surface area contributed by atoms with Crippen molar-refractivity contribution in [1.82, 2.24) is 9.88 Å². The highest BCUT2D eigenvalue weighted by molar-refractivity contribution is 5.90. The van der Waals surface area contributed by atoms with Crippen molar-refractivity contribution in [1.29, 1.82) is 0 Å². The summed E-state index contributed by atoms with van der Waals surface area (Å²) in [6, 6.07) is 5.94. The average molecular weight is 331 g/mol. The van der Waals surface area contributed by atoms with Gasteiger partial charge in [0, 0.05) is 37.6 Å². The topological polar surface area (TPSA) is 55.9 Å². The van der Waals surface area contributed by atoms with Crippen LogP contribution in [0.1, 0.15) is 5.56 Å². The van der Waals surface area contributed by atoms with Crippen LogP contribution in [0.4, 0.5) is 5.82 Å². The highest BCUT2D eigenvalue weighted by Gasteiger charge is 2.12. The van der Waals surface area contributed by atoms with Gasteiger partial charge in [-0.2, -0.15) is 0 Å². The van der Waals surface area contributed by atoms with Gasteiger partial charge >= 0.3 is 0 Å². The zero-order valence-corrected chi connectivity index (χ0v) is 14.6. The molecular formula is C18H25N3O3. The Balaban J connectivity index is 1.76. The van der Waals surface area contributed by atoms with Crippen LogP contribution >= 0.6 is 0 Å². The molecule has 24 heavy (non-hydrogen) atoms. The summed E-state index contributed by atoms with van der Waals surface area (Å²) < 4.78 is 16.2. The number of ether oxygens (including phenoxy) is 3. The molecule has 0 unspecified atom stereocenters. The molecule has 0 aliphatic carbocycles. The molecule has 1 fully saturated rings. The summed E-state index contributed by atoms with van der Waals surface area (Å²) in [4.78, 5) is 7.13. The molecule has 0 saturated carbocycles. The summed E-state index contributed by atoms with van der Waals surface area (Å²) in [5.41, 5.74) is 2.00. The molecule has 1 aromatic heterocycles. The molecule has 6 heteroatoms. The quantitative estimate of drug-likeness (QED) is 0.877. The second-order valence-corrected chi connectivity index (χ2v) is 5.93. The smallest absolute Gasteiger partial charge is 0.148 e. The Kier molecular flexibility index (Phi) is 5.37. The molecule has 0 spiro atoms. The van der Waals surface area contributed by atoms with Gasteiger partial charge in [0.25, 0.3) is 0 Å². The van der Waals surface area contributed by atoms with Crippen molar-refractivity contribution < 1.29 is 14.2 Å². The lowest BCUT2D eigenvalue weighted by Crippen LogP contribution is -2.39. The largest absolute Gasteiger partial charge is 0.497 e. The first-order valence-corrected chi connectivity index (χ1v) is 8.28. The zero-order valence-electron chi connectivity index (χ0n) is 14.6. The number of nitrogens with zero attached hydrogens (tertiary/aromatic N) is 2. The van der Waals surface area contributed by atoms with Gasteiger partial charge in [0.05, 0.1) is 27.4 Å². The number of benzene rings is 1. The number of hydrogen-bond acceptors (Lipinski definition) is 6. The number of aromatic nitrogens is 1. The monoisotopic (exact) mass is 331 g/mol. The fourth-order valence-electron chi connectivity index (χ4n) is 2.96. The molecular weight excluding hydrogens is 306 g/mol. The number of aryl methyl sites for hydroxylation is 1. The van der Waals surface area contributed by atoms with Crippen molar-refractivity contribution in [3.05, 3.63) is 23.8 Å². The first kappa shape index (κ1) is 16.8. The van der Waals surface area contributed by atoms with Crippen molar-refractivity contribution in [3.8, 4) is 11.5 Å². The molecule has 1 aromatic carbocycles. The normalized spacial score (nSPS) is 15.5. The maximum Gasteiger partial charge on any atom is 0.148 e. The molecule has 2 heterocycles. The van der Waals surface area contributed by atoms with Crippen molar-refractivity contribution in [2.24, 2.45) is 0 Å². The first-order chi connectivity index (χ1) is 11.7. The number of pyridine rings is 1. The maximum atomic E-state index is 5.49. The average Bonchev–Trinajstić information content (AvgIpc) is 2.62. The van der Waals surface area contributed by atoms with Gasteiger partial charge in [0.2, 0.25) is 0 Å². The Morgan fingerprint density at radius 3 is 2.67 bits per heavy atom. The zero-order chi connectivity index (χ0) is 16.9. The lowest BCUT2D eigenvalue weighted by atomic mass is 10.1. The number of methoxy groups -OCH3 is 2.